The zero-order valence-corrected chi connectivity index (χ0v) is 18.7. The van der Waals surface area contributed by atoms with Crippen LogP contribution >= 0.6 is 67.8 Å². The maximum atomic E-state index is 12.0. The zero-order chi connectivity index (χ0) is 17.0. The van der Waals surface area contributed by atoms with Gasteiger partial charge < -0.3 is 9.46 Å². The molecule has 0 N–H and O–H groups in total. The second-order valence-electron chi connectivity index (χ2n) is 4.25. The predicted molar refractivity (Wildman–Crippen MR) is 112 cm³/mol. The van der Waals surface area contributed by atoms with E-state index >= 15 is 0 Å². The number of benzene rings is 2. The monoisotopic (exact) mass is 668 g/mol. The molecule has 0 unspecified atom stereocenters. The highest BCUT2D eigenvalue weighted by Crippen LogP contribution is 2.29. The van der Waals surface area contributed by atoms with E-state index in [1.54, 1.807) is 18.2 Å². The highest BCUT2D eigenvalue weighted by atomic mass is 127. The Kier molecular flexibility index (Phi) is 7.06. The minimum Gasteiger partial charge on any atom is -0.535 e. The Morgan fingerprint density at radius 2 is 1.61 bits per heavy atom. The average molecular weight is 668 g/mol. The van der Waals surface area contributed by atoms with E-state index in [1.165, 1.54) is 12.1 Å². The summed E-state index contributed by atoms with van der Waals surface area (Å²) in [4.78, 5) is 11.9. The zero-order valence-electron chi connectivity index (χ0n) is 11.4. The van der Waals surface area contributed by atoms with Crippen LogP contribution < -0.4 is 4.74 Å². The highest BCUT2D eigenvalue weighted by molar-refractivity contribution is 14.1. The van der Waals surface area contributed by atoms with Gasteiger partial charge in [0.25, 0.3) is 5.97 Å². The Labute approximate surface area is 175 Å². The Morgan fingerprint density at radius 1 is 1.04 bits per heavy atom. The van der Waals surface area contributed by atoms with Crippen LogP contribution in [0.4, 0.5) is 0 Å². The molecule has 0 aliphatic heterocycles. The molecule has 0 aromatic heterocycles. The number of carbonyl (C=O) groups is 1. The first kappa shape index (κ1) is 19.3. The predicted octanol–water partition coefficient (Wildman–Crippen LogP) is 4.17. The van der Waals surface area contributed by atoms with Crippen molar-refractivity contribution in [2.45, 2.75) is 4.90 Å². The van der Waals surface area contributed by atoms with E-state index in [4.69, 9.17) is 4.74 Å². The van der Waals surface area contributed by atoms with Gasteiger partial charge in [-0.05, 0) is 98.6 Å². The second kappa shape index (κ2) is 8.40. The Morgan fingerprint density at radius 3 is 2.17 bits per heavy atom. The van der Waals surface area contributed by atoms with Gasteiger partial charge in [0.15, 0.2) is 5.75 Å². The van der Waals surface area contributed by atoms with Gasteiger partial charge in [-0.2, -0.15) is 0 Å². The van der Waals surface area contributed by atoms with Gasteiger partial charge in [-0.15, -0.1) is 0 Å². The van der Waals surface area contributed by atoms with Crippen LogP contribution in [0.15, 0.2) is 47.4 Å². The number of ether oxygens (including phenoxy) is 1. The van der Waals surface area contributed by atoms with Crippen LogP contribution in [0.2, 0.25) is 0 Å². The van der Waals surface area contributed by atoms with E-state index in [2.05, 4.69) is 72.5 Å². The highest BCUT2D eigenvalue weighted by Gasteiger charge is 2.12. The first-order valence-electron chi connectivity index (χ1n) is 6.13. The fraction of sp³-hybridized carbons (Fsp3) is 0.0714. The quantitative estimate of drug-likeness (QED) is 0.273. The van der Waals surface area contributed by atoms with Crippen molar-refractivity contribution in [1.82, 2.24) is 0 Å². The van der Waals surface area contributed by atoms with E-state index in [1.807, 2.05) is 12.1 Å². The van der Waals surface area contributed by atoms with Gasteiger partial charge in [0.1, 0.15) is 10.0 Å². The standard InChI is InChI=1S/C14H9I3NO4S/c15-9-6-11(16)14(12(17)7-9)22-13(19)8-18-23(20,21)10-4-2-1-3-5-10/h1-7H,8H2/q-1. The summed E-state index contributed by atoms with van der Waals surface area (Å²) in [7, 11) is -3.86. The molecule has 0 saturated carbocycles. The smallest absolute Gasteiger partial charge is 0.291 e. The largest absolute Gasteiger partial charge is 0.535 e. The minimum absolute atomic E-state index is 0.0474. The topological polar surface area (TPSA) is 74.5 Å². The number of hydrogen-bond acceptors (Lipinski definition) is 4. The first-order chi connectivity index (χ1) is 10.8. The summed E-state index contributed by atoms with van der Waals surface area (Å²) in [6, 6.07) is 11.5. The number of nitrogens with zero attached hydrogens (tertiary/aromatic N) is 1. The summed E-state index contributed by atoms with van der Waals surface area (Å²) < 4.78 is 35.3. The number of rotatable bonds is 5. The minimum atomic E-state index is -3.86. The summed E-state index contributed by atoms with van der Waals surface area (Å²) in [5, 5.41) is 0. The molecule has 9 heteroatoms. The molecule has 0 aliphatic rings. The van der Waals surface area contributed by atoms with E-state index in [-0.39, 0.29) is 4.90 Å². The maximum Gasteiger partial charge on any atom is 0.291 e. The fourth-order valence-electron chi connectivity index (χ4n) is 1.58. The maximum absolute atomic E-state index is 12.0. The molecule has 0 radical (unpaired) electrons. The summed E-state index contributed by atoms with van der Waals surface area (Å²) >= 11 is 6.29. The molecule has 2 aromatic rings. The van der Waals surface area contributed by atoms with Crippen molar-refractivity contribution in [2.24, 2.45) is 0 Å². The number of hydrogen-bond donors (Lipinski definition) is 0. The van der Waals surface area contributed by atoms with Crippen molar-refractivity contribution in [1.29, 1.82) is 0 Å². The van der Waals surface area contributed by atoms with E-state index in [0.29, 0.717) is 5.75 Å². The molecule has 0 fully saturated rings. The molecule has 0 saturated heterocycles. The van der Waals surface area contributed by atoms with Crippen LogP contribution in [0.5, 0.6) is 5.75 Å². The van der Waals surface area contributed by atoms with Crippen molar-refractivity contribution in [3.63, 3.8) is 0 Å². The third-order valence-electron chi connectivity index (χ3n) is 2.58. The van der Waals surface area contributed by atoms with Crippen LogP contribution in [0.3, 0.4) is 0 Å². The average Bonchev–Trinajstić information content (AvgIpc) is 2.50. The molecule has 0 aliphatic carbocycles. The lowest BCUT2D eigenvalue weighted by Crippen LogP contribution is -2.16. The Bertz CT molecular complexity index is 802. The van der Waals surface area contributed by atoms with Gasteiger partial charge in [0.2, 0.25) is 0 Å². The Hall–Kier alpha value is 0.0100. The molecule has 0 amide bonds. The lowest BCUT2D eigenvalue weighted by Gasteiger charge is -2.19. The van der Waals surface area contributed by atoms with E-state index in [0.717, 1.165) is 10.7 Å². The SMILES string of the molecule is O=C(C[N-]S(=O)(=O)c1ccccc1)Oc1c(I)cc(I)cc1I. The molecule has 0 spiro atoms. The summed E-state index contributed by atoms with van der Waals surface area (Å²) in [5.41, 5.74) is 0. The molecule has 5 nitrogen and oxygen atoms in total. The van der Waals surface area contributed by atoms with E-state index < -0.39 is 22.5 Å². The van der Waals surface area contributed by atoms with Crippen LogP contribution in [0, 0.1) is 10.7 Å². The van der Waals surface area contributed by atoms with Crippen LogP contribution in [-0.2, 0) is 14.8 Å². The second-order valence-corrected chi connectivity index (χ2v) is 9.50. The summed E-state index contributed by atoms with van der Waals surface area (Å²) in [5.74, 6) is -0.300. The van der Waals surface area contributed by atoms with Gasteiger partial charge >= 0.3 is 0 Å². The van der Waals surface area contributed by atoms with Gasteiger partial charge in [-0.1, -0.05) is 18.2 Å². The van der Waals surface area contributed by atoms with Crippen molar-refractivity contribution in [3.05, 3.63) is 57.9 Å². The van der Waals surface area contributed by atoms with Crippen LogP contribution in [-0.4, -0.2) is 20.9 Å². The van der Waals surface area contributed by atoms with Crippen molar-refractivity contribution >= 4 is 83.8 Å². The number of halogens is 3. The fourth-order valence-corrected chi connectivity index (χ4v) is 6.31. The molecular formula is C14H9I3NO4S-. The number of esters is 1. The molecule has 0 bridgehead atoms. The third-order valence-corrected chi connectivity index (χ3v) is 6.15. The molecule has 2 rings (SSSR count). The third kappa shape index (κ3) is 5.51. The van der Waals surface area contributed by atoms with E-state index in [9.17, 15) is 13.2 Å². The van der Waals surface area contributed by atoms with Gasteiger partial charge in [-0.3, -0.25) is 4.79 Å². The van der Waals surface area contributed by atoms with Crippen LogP contribution in [0.25, 0.3) is 4.72 Å². The molecule has 0 heterocycles. The number of sulfonamides is 1. The van der Waals surface area contributed by atoms with Crippen molar-refractivity contribution in [2.75, 3.05) is 6.54 Å². The number of carbonyl (C=O) groups excluding carboxylic acids is 1. The molecule has 0 atom stereocenters. The van der Waals surface area contributed by atoms with Gasteiger partial charge in [0, 0.05) is 8.47 Å². The summed E-state index contributed by atoms with van der Waals surface area (Å²) in [6.07, 6.45) is 0. The lowest BCUT2D eigenvalue weighted by molar-refractivity contribution is -0.132. The molecule has 122 valence electrons. The van der Waals surface area contributed by atoms with Gasteiger partial charge in [0.05, 0.1) is 7.14 Å². The lowest BCUT2D eigenvalue weighted by atomic mass is 10.3. The normalized spacial score (nSPS) is 11.3. The van der Waals surface area contributed by atoms with Gasteiger partial charge in [-0.25, -0.2) is 8.42 Å². The first-order valence-corrected chi connectivity index (χ1v) is 10.8. The van der Waals surface area contributed by atoms with Crippen molar-refractivity contribution < 1.29 is 17.9 Å². The van der Waals surface area contributed by atoms with Crippen LogP contribution in [0.1, 0.15) is 0 Å². The summed E-state index contributed by atoms with van der Waals surface area (Å²) in [6.45, 7) is -0.560. The Balaban J connectivity index is 2.04. The molecule has 23 heavy (non-hydrogen) atoms. The molecular weight excluding hydrogens is 659 g/mol. The van der Waals surface area contributed by atoms with Crippen molar-refractivity contribution in [3.8, 4) is 5.75 Å². The molecule has 2 aromatic carbocycles.